The Kier molecular flexibility index (Phi) is 4.35. The number of urea groups is 1. The largest absolute Gasteiger partial charge is 0.335 e. The van der Waals surface area contributed by atoms with Crippen molar-refractivity contribution >= 4 is 11.7 Å². The molecule has 0 aliphatic heterocycles. The summed E-state index contributed by atoms with van der Waals surface area (Å²) in [5.74, 6) is 0. The third-order valence-corrected chi connectivity index (χ3v) is 2.62. The summed E-state index contributed by atoms with van der Waals surface area (Å²) < 4.78 is 0. The quantitative estimate of drug-likeness (QED) is 0.806. The molecule has 0 bridgehead atoms. The van der Waals surface area contributed by atoms with E-state index in [1.807, 2.05) is 39.8 Å². The van der Waals surface area contributed by atoms with Crippen LogP contribution in [0.2, 0.25) is 0 Å². The number of nitrogens with one attached hydrogen (secondary N) is 2. The number of carbonyl (C=O) groups excluding carboxylic acids is 1. The fourth-order valence-electron chi connectivity index (χ4n) is 1.44. The van der Waals surface area contributed by atoms with Gasteiger partial charge in [0.15, 0.2) is 0 Å². The second kappa shape index (κ2) is 5.54. The summed E-state index contributed by atoms with van der Waals surface area (Å²) in [5, 5.41) is 5.72. The van der Waals surface area contributed by atoms with Gasteiger partial charge in [0.25, 0.3) is 0 Å². The highest BCUT2D eigenvalue weighted by molar-refractivity contribution is 5.90. The van der Waals surface area contributed by atoms with Crippen LogP contribution < -0.4 is 10.6 Å². The molecule has 88 valence electrons. The summed E-state index contributed by atoms with van der Waals surface area (Å²) in [6.45, 7) is 8.06. The van der Waals surface area contributed by atoms with Gasteiger partial charge in [-0.25, -0.2) is 4.79 Å². The Labute approximate surface area is 97.2 Å². The van der Waals surface area contributed by atoms with Gasteiger partial charge in [-0.2, -0.15) is 0 Å². The molecule has 0 heterocycles. The van der Waals surface area contributed by atoms with E-state index in [0.717, 1.165) is 17.7 Å². The zero-order valence-corrected chi connectivity index (χ0v) is 10.4. The second-order valence-corrected chi connectivity index (χ2v) is 4.23. The molecular weight excluding hydrogens is 200 g/mol. The SMILES string of the molecule is CC[C@H](C)NC(=O)Nc1ccc(C)cc1C. The zero-order chi connectivity index (χ0) is 12.1. The second-order valence-electron chi connectivity index (χ2n) is 4.23. The van der Waals surface area contributed by atoms with E-state index in [9.17, 15) is 4.79 Å². The average molecular weight is 220 g/mol. The van der Waals surface area contributed by atoms with Crippen molar-refractivity contribution in [2.24, 2.45) is 0 Å². The summed E-state index contributed by atoms with van der Waals surface area (Å²) in [4.78, 5) is 11.6. The van der Waals surface area contributed by atoms with Crippen LogP contribution in [0.4, 0.5) is 10.5 Å². The first-order valence-corrected chi connectivity index (χ1v) is 5.67. The van der Waals surface area contributed by atoms with E-state index in [1.165, 1.54) is 5.56 Å². The summed E-state index contributed by atoms with van der Waals surface area (Å²) in [6, 6.07) is 6.04. The van der Waals surface area contributed by atoms with Gasteiger partial charge in [-0.1, -0.05) is 24.6 Å². The number of benzene rings is 1. The molecule has 0 aromatic heterocycles. The van der Waals surface area contributed by atoms with E-state index < -0.39 is 0 Å². The van der Waals surface area contributed by atoms with E-state index in [1.54, 1.807) is 0 Å². The van der Waals surface area contributed by atoms with Crippen molar-refractivity contribution in [3.63, 3.8) is 0 Å². The van der Waals surface area contributed by atoms with E-state index >= 15 is 0 Å². The Hall–Kier alpha value is -1.51. The molecule has 0 aliphatic rings. The summed E-state index contributed by atoms with van der Waals surface area (Å²) in [5.41, 5.74) is 3.15. The minimum atomic E-state index is -0.138. The molecule has 0 saturated heterocycles. The van der Waals surface area contributed by atoms with E-state index in [4.69, 9.17) is 0 Å². The monoisotopic (exact) mass is 220 g/mol. The van der Waals surface area contributed by atoms with Crippen LogP contribution in [0, 0.1) is 13.8 Å². The standard InChI is InChI=1S/C13H20N2O/c1-5-11(4)14-13(16)15-12-7-6-9(2)8-10(12)3/h6-8,11H,5H2,1-4H3,(H2,14,15,16)/t11-/m0/s1. The molecule has 0 spiro atoms. The maximum atomic E-state index is 11.6. The van der Waals surface area contributed by atoms with Crippen LogP contribution in [0.1, 0.15) is 31.4 Å². The Balaban J connectivity index is 2.63. The highest BCUT2D eigenvalue weighted by atomic mass is 16.2. The molecule has 0 aliphatic carbocycles. The van der Waals surface area contributed by atoms with Gasteiger partial charge in [0.05, 0.1) is 0 Å². The zero-order valence-electron chi connectivity index (χ0n) is 10.4. The van der Waals surface area contributed by atoms with Crippen molar-refractivity contribution in [2.45, 2.75) is 40.2 Å². The Morgan fingerprint density at radius 2 is 2.06 bits per heavy atom. The maximum absolute atomic E-state index is 11.6. The van der Waals surface area contributed by atoms with Crippen molar-refractivity contribution in [3.8, 4) is 0 Å². The Morgan fingerprint density at radius 3 is 2.62 bits per heavy atom. The molecule has 16 heavy (non-hydrogen) atoms. The van der Waals surface area contributed by atoms with Crippen molar-refractivity contribution < 1.29 is 4.79 Å². The Morgan fingerprint density at radius 1 is 1.38 bits per heavy atom. The minimum Gasteiger partial charge on any atom is -0.335 e. The number of anilines is 1. The summed E-state index contributed by atoms with van der Waals surface area (Å²) in [6.07, 6.45) is 0.931. The van der Waals surface area contributed by atoms with E-state index in [0.29, 0.717) is 0 Å². The molecule has 1 rings (SSSR count). The average Bonchev–Trinajstić information content (AvgIpc) is 2.22. The highest BCUT2D eigenvalue weighted by Crippen LogP contribution is 2.15. The van der Waals surface area contributed by atoms with Crippen LogP contribution in [0.3, 0.4) is 0 Å². The van der Waals surface area contributed by atoms with Gasteiger partial charge in [0.2, 0.25) is 0 Å². The number of carbonyl (C=O) groups is 1. The van der Waals surface area contributed by atoms with Crippen LogP contribution >= 0.6 is 0 Å². The number of aryl methyl sites for hydroxylation is 2. The smallest absolute Gasteiger partial charge is 0.319 e. The van der Waals surface area contributed by atoms with E-state index in [-0.39, 0.29) is 12.1 Å². The van der Waals surface area contributed by atoms with Crippen LogP contribution in [0.25, 0.3) is 0 Å². The molecule has 2 amide bonds. The highest BCUT2D eigenvalue weighted by Gasteiger charge is 2.06. The normalized spacial score (nSPS) is 12.0. The van der Waals surface area contributed by atoms with Crippen molar-refractivity contribution in [1.29, 1.82) is 0 Å². The van der Waals surface area contributed by atoms with E-state index in [2.05, 4.69) is 16.7 Å². The van der Waals surface area contributed by atoms with Gasteiger partial charge in [-0.3, -0.25) is 0 Å². The van der Waals surface area contributed by atoms with Crippen molar-refractivity contribution in [1.82, 2.24) is 5.32 Å². The van der Waals surface area contributed by atoms with Crippen LogP contribution in [0.15, 0.2) is 18.2 Å². The third kappa shape index (κ3) is 3.57. The Bertz CT molecular complexity index is 374. The topological polar surface area (TPSA) is 41.1 Å². The molecule has 1 aromatic carbocycles. The molecule has 3 heteroatoms. The first kappa shape index (κ1) is 12.6. The molecule has 1 aromatic rings. The number of amides is 2. The lowest BCUT2D eigenvalue weighted by Crippen LogP contribution is -2.35. The summed E-state index contributed by atoms with van der Waals surface area (Å²) in [7, 11) is 0. The number of hydrogen-bond acceptors (Lipinski definition) is 1. The molecule has 0 unspecified atom stereocenters. The third-order valence-electron chi connectivity index (χ3n) is 2.62. The fraction of sp³-hybridized carbons (Fsp3) is 0.462. The van der Waals surface area contributed by atoms with Crippen molar-refractivity contribution in [3.05, 3.63) is 29.3 Å². The van der Waals surface area contributed by atoms with Crippen LogP contribution in [0.5, 0.6) is 0 Å². The van der Waals surface area contributed by atoms with Gasteiger partial charge in [0, 0.05) is 11.7 Å². The molecule has 3 nitrogen and oxygen atoms in total. The number of hydrogen-bond donors (Lipinski definition) is 2. The molecule has 1 atom stereocenters. The molecule has 0 fully saturated rings. The molecule has 0 radical (unpaired) electrons. The van der Waals surface area contributed by atoms with Gasteiger partial charge in [0.1, 0.15) is 0 Å². The fourth-order valence-corrected chi connectivity index (χ4v) is 1.44. The molecule has 0 saturated carbocycles. The molecule has 2 N–H and O–H groups in total. The van der Waals surface area contributed by atoms with Gasteiger partial charge in [-0.15, -0.1) is 0 Å². The lowest BCUT2D eigenvalue weighted by atomic mass is 10.1. The first-order valence-electron chi connectivity index (χ1n) is 5.67. The minimum absolute atomic E-state index is 0.138. The summed E-state index contributed by atoms with van der Waals surface area (Å²) >= 11 is 0. The predicted octanol–water partition coefficient (Wildman–Crippen LogP) is 3.22. The lowest BCUT2D eigenvalue weighted by molar-refractivity contribution is 0.249. The van der Waals surface area contributed by atoms with Crippen LogP contribution in [-0.4, -0.2) is 12.1 Å². The lowest BCUT2D eigenvalue weighted by Gasteiger charge is -2.14. The van der Waals surface area contributed by atoms with Gasteiger partial charge < -0.3 is 10.6 Å². The number of rotatable bonds is 3. The first-order chi connectivity index (χ1) is 7.52. The maximum Gasteiger partial charge on any atom is 0.319 e. The molecular formula is C13H20N2O. The van der Waals surface area contributed by atoms with Gasteiger partial charge >= 0.3 is 6.03 Å². The van der Waals surface area contributed by atoms with Crippen LogP contribution in [-0.2, 0) is 0 Å². The van der Waals surface area contributed by atoms with Gasteiger partial charge in [-0.05, 0) is 38.8 Å². The van der Waals surface area contributed by atoms with Crippen molar-refractivity contribution in [2.75, 3.05) is 5.32 Å². The predicted molar refractivity (Wildman–Crippen MR) is 67.8 cm³/mol.